The minimum atomic E-state index is -0.652. The summed E-state index contributed by atoms with van der Waals surface area (Å²) in [4.78, 5) is 24.7. The summed E-state index contributed by atoms with van der Waals surface area (Å²) in [7, 11) is 0. The molecule has 19 heavy (non-hydrogen) atoms. The van der Waals surface area contributed by atoms with E-state index in [0.717, 1.165) is 37.7 Å². The number of amides is 2. The summed E-state index contributed by atoms with van der Waals surface area (Å²) in [6.45, 7) is 0. The second kappa shape index (κ2) is 4.68. The van der Waals surface area contributed by atoms with Gasteiger partial charge in [-0.1, -0.05) is 49.6 Å². The van der Waals surface area contributed by atoms with Crippen LogP contribution < -0.4 is 10.6 Å². The fraction of sp³-hybridized carbons (Fsp3) is 0.467. The highest BCUT2D eigenvalue weighted by atomic mass is 16.2. The Bertz CT molecular complexity index is 492. The van der Waals surface area contributed by atoms with E-state index in [0.29, 0.717) is 0 Å². The van der Waals surface area contributed by atoms with Crippen molar-refractivity contribution in [1.29, 1.82) is 0 Å². The number of nitrogens with one attached hydrogen (secondary N) is 2. The second-order valence-electron chi connectivity index (χ2n) is 5.45. The molecular formula is C15H18N2O2. The molecule has 1 atom stereocenters. The summed E-state index contributed by atoms with van der Waals surface area (Å²) >= 11 is 0. The van der Waals surface area contributed by atoms with Crippen LogP contribution in [0.25, 0.3) is 0 Å². The summed E-state index contributed by atoms with van der Waals surface area (Å²) in [6, 6.07) is 8.82. The average Bonchev–Trinajstić information content (AvgIpc) is 2.45. The smallest absolute Gasteiger partial charge is 0.248 e. The van der Waals surface area contributed by atoms with Crippen molar-refractivity contribution in [3.63, 3.8) is 0 Å². The van der Waals surface area contributed by atoms with Gasteiger partial charge in [-0.05, 0) is 18.4 Å². The minimum Gasteiger partial charge on any atom is -0.340 e. The molecule has 100 valence electrons. The van der Waals surface area contributed by atoms with Gasteiger partial charge in [0.2, 0.25) is 11.8 Å². The Kier molecular flexibility index (Phi) is 3.01. The van der Waals surface area contributed by atoms with Crippen molar-refractivity contribution in [1.82, 2.24) is 10.6 Å². The summed E-state index contributed by atoms with van der Waals surface area (Å²) in [5, 5.41) is 5.87. The SMILES string of the molecule is O=C1NC2(CCCCC2)C(=O)NC1c1ccccc1. The molecule has 0 aromatic heterocycles. The average molecular weight is 258 g/mol. The van der Waals surface area contributed by atoms with E-state index in [9.17, 15) is 9.59 Å². The first kappa shape index (κ1) is 12.2. The van der Waals surface area contributed by atoms with E-state index >= 15 is 0 Å². The number of carbonyl (C=O) groups is 2. The molecule has 1 aliphatic carbocycles. The number of carbonyl (C=O) groups excluding carboxylic acids is 2. The number of hydrogen-bond donors (Lipinski definition) is 2. The molecule has 2 aliphatic rings. The molecule has 0 bridgehead atoms. The minimum absolute atomic E-state index is 0.0272. The highest BCUT2D eigenvalue weighted by Gasteiger charge is 2.46. The van der Waals surface area contributed by atoms with E-state index in [-0.39, 0.29) is 11.8 Å². The van der Waals surface area contributed by atoms with Crippen molar-refractivity contribution in [3.8, 4) is 0 Å². The fourth-order valence-corrected chi connectivity index (χ4v) is 3.09. The lowest BCUT2D eigenvalue weighted by atomic mass is 9.79. The summed E-state index contributed by atoms with van der Waals surface area (Å²) in [5.74, 6) is -0.117. The first-order valence-electron chi connectivity index (χ1n) is 6.89. The van der Waals surface area contributed by atoms with E-state index in [4.69, 9.17) is 0 Å². The van der Waals surface area contributed by atoms with Gasteiger partial charge in [0.05, 0.1) is 0 Å². The molecule has 0 radical (unpaired) electrons. The lowest BCUT2D eigenvalue weighted by Gasteiger charge is -2.42. The predicted molar refractivity (Wildman–Crippen MR) is 71.3 cm³/mol. The van der Waals surface area contributed by atoms with Crippen LogP contribution in [0.5, 0.6) is 0 Å². The van der Waals surface area contributed by atoms with Gasteiger partial charge in [0.25, 0.3) is 0 Å². The molecule has 1 saturated heterocycles. The standard InChI is InChI=1S/C15H18N2O2/c18-13-12(11-7-3-1-4-8-11)16-14(19)15(17-13)9-5-2-6-10-15/h1,3-4,7-8,12H,2,5-6,9-10H2,(H,16,19)(H,17,18). The molecule has 3 rings (SSSR count). The van der Waals surface area contributed by atoms with Crippen LogP contribution in [0.2, 0.25) is 0 Å². The summed E-state index contributed by atoms with van der Waals surface area (Å²) < 4.78 is 0. The van der Waals surface area contributed by atoms with Crippen molar-refractivity contribution >= 4 is 11.8 Å². The number of piperazine rings is 1. The first-order valence-corrected chi connectivity index (χ1v) is 6.89. The third kappa shape index (κ3) is 2.11. The molecule has 1 spiro atoms. The maximum atomic E-state index is 12.4. The molecule has 2 N–H and O–H groups in total. The molecule has 4 nitrogen and oxygen atoms in total. The van der Waals surface area contributed by atoms with E-state index in [1.54, 1.807) is 0 Å². The van der Waals surface area contributed by atoms with Crippen LogP contribution >= 0.6 is 0 Å². The van der Waals surface area contributed by atoms with E-state index in [1.807, 2.05) is 30.3 Å². The Morgan fingerprint density at radius 2 is 1.68 bits per heavy atom. The zero-order valence-corrected chi connectivity index (χ0v) is 10.8. The molecule has 1 aromatic carbocycles. The van der Waals surface area contributed by atoms with Gasteiger partial charge in [-0.25, -0.2) is 0 Å². The third-order valence-corrected chi connectivity index (χ3v) is 4.17. The van der Waals surface area contributed by atoms with Gasteiger partial charge in [0.1, 0.15) is 11.6 Å². The third-order valence-electron chi connectivity index (χ3n) is 4.17. The lowest BCUT2D eigenvalue weighted by Crippen LogP contribution is -2.67. The molecule has 2 amide bonds. The van der Waals surface area contributed by atoms with Gasteiger partial charge < -0.3 is 10.6 Å². The zero-order valence-electron chi connectivity index (χ0n) is 10.8. The maximum Gasteiger partial charge on any atom is 0.248 e. The van der Waals surface area contributed by atoms with Crippen molar-refractivity contribution in [2.24, 2.45) is 0 Å². The number of benzene rings is 1. The largest absolute Gasteiger partial charge is 0.340 e. The van der Waals surface area contributed by atoms with Crippen molar-refractivity contribution in [3.05, 3.63) is 35.9 Å². The number of hydrogen-bond acceptors (Lipinski definition) is 2. The van der Waals surface area contributed by atoms with Gasteiger partial charge in [-0.3, -0.25) is 9.59 Å². The predicted octanol–water partition coefficient (Wildman–Crippen LogP) is 1.68. The normalized spacial score (nSPS) is 25.8. The quantitative estimate of drug-likeness (QED) is 0.805. The number of rotatable bonds is 1. The van der Waals surface area contributed by atoms with Crippen molar-refractivity contribution in [2.75, 3.05) is 0 Å². The van der Waals surface area contributed by atoms with E-state index < -0.39 is 11.6 Å². The van der Waals surface area contributed by atoms with Crippen molar-refractivity contribution < 1.29 is 9.59 Å². The molecule has 4 heteroatoms. The Labute approximate surface area is 112 Å². The Balaban J connectivity index is 1.83. The topological polar surface area (TPSA) is 58.2 Å². The van der Waals surface area contributed by atoms with Gasteiger partial charge in [-0.2, -0.15) is 0 Å². The van der Waals surface area contributed by atoms with Crippen LogP contribution in [0.15, 0.2) is 30.3 Å². The molecule has 1 saturated carbocycles. The van der Waals surface area contributed by atoms with Crippen LogP contribution in [-0.4, -0.2) is 17.4 Å². The Morgan fingerprint density at radius 3 is 2.37 bits per heavy atom. The molecule has 2 fully saturated rings. The Morgan fingerprint density at radius 1 is 1.00 bits per heavy atom. The highest BCUT2D eigenvalue weighted by molar-refractivity contribution is 6.00. The first-order chi connectivity index (χ1) is 9.21. The summed E-state index contributed by atoms with van der Waals surface area (Å²) in [5.41, 5.74) is 0.180. The second-order valence-corrected chi connectivity index (χ2v) is 5.45. The fourth-order valence-electron chi connectivity index (χ4n) is 3.09. The monoisotopic (exact) mass is 258 g/mol. The molecule has 1 heterocycles. The van der Waals surface area contributed by atoms with Crippen LogP contribution in [-0.2, 0) is 9.59 Å². The zero-order chi connectivity index (χ0) is 13.3. The molecule has 1 unspecified atom stereocenters. The Hall–Kier alpha value is -1.84. The van der Waals surface area contributed by atoms with E-state index in [2.05, 4.69) is 10.6 Å². The maximum absolute atomic E-state index is 12.4. The summed E-state index contributed by atoms with van der Waals surface area (Å²) in [6.07, 6.45) is 4.67. The van der Waals surface area contributed by atoms with Gasteiger partial charge >= 0.3 is 0 Å². The molecule has 1 aromatic rings. The lowest BCUT2D eigenvalue weighted by molar-refractivity contribution is -0.143. The highest BCUT2D eigenvalue weighted by Crippen LogP contribution is 2.32. The van der Waals surface area contributed by atoms with Gasteiger partial charge in [-0.15, -0.1) is 0 Å². The van der Waals surface area contributed by atoms with Crippen LogP contribution in [0.4, 0.5) is 0 Å². The van der Waals surface area contributed by atoms with Crippen molar-refractivity contribution in [2.45, 2.75) is 43.7 Å². The van der Waals surface area contributed by atoms with E-state index in [1.165, 1.54) is 0 Å². The van der Waals surface area contributed by atoms with Gasteiger partial charge in [0.15, 0.2) is 0 Å². The van der Waals surface area contributed by atoms with Crippen LogP contribution in [0.1, 0.15) is 43.7 Å². The van der Waals surface area contributed by atoms with Crippen LogP contribution in [0, 0.1) is 0 Å². The molecule has 1 aliphatic heterocycles. The van der Waals surface area contributed by atoms with Gasteiger partial charge in [0, 0.05) is 0 Å². The molecular weight excluding hydrogens is 240 g/mol. The van der Waals surface area contributed by atoms with Crippen LogP contribution in [0.3, 0.4) is 0 Å².